The average Bonchev–Trinajstić information content (AvgIpc) is 3.40. The zero-order valence-electron chi connectivity index (χ0n) is 16.6. The molecule has 3 fully saturated rings. The molecular weight excluding hydrogens is 368 g/mol. The molecule has 1 aromatic carbocycles. The van der Waals surface area contributed by atoms with Crippen LogP contribution < -0.4 is 16.0 Å². The summed E-state index contributed by atoms with van der Waals surface area (Å²) in [4.78, 5) is 38.2. The molecule has 1 saturated carbocycles. The van der Waals surface area contributed by atoms with Crippen LogP contribution >= 0.6 is 0 Å². The highest BCUT2D eigenvalue weighted by atomic mass is 16.2. The van der Waals surface area contributed by atoms with Crippen molar-refractivity contribution in [2.75, 3.05) is 13.1 Å². The number of benzene rings is 1. The Morgan fingerprint density at radius 3 is 2.83 bits per heavy atom. The summed E-state index contributed by atoms with van der Waals surface area (Å²) in [6.07, 6.45) is 5.82. The van der Waals surface area contributed by atoms with Crippen LogP contribution in [0.3, 0.4) is 0 Å². The second-order valence-corrected chi connectivity index (χ2v) is 9.09. The number of nitrogens with zero attached hydrogens (tertiary/aromatic N) is 1. The highest BCUT2D eigenvalue weighted by Crippen LogP contribution is 2.45. The summed E-state index contributed by atoms with van der Waals surface area (Å²) >= 11 is 0. The van der Waals surface area contributed by atoms with Crippen molar-refractivity contribution in [1.29, 1.82) is 0 Å². The van der Waals surface area contributed by atoms with Crippen LogP contribution in [0.1, 0.15) is 60.0 Å². The summed E-state index contributed by atoms with van der Waals surface area (Å²) < 4.78 is 0. The van der Waals surface area contributed by atoms with Crippen LogP contribution in [0.4, 0.5) is 0 Å². The Balaban J connectivity index is 1.22. The molecule has 1 aromatic rings. The van der Waals surface area contributed by atoms with Crippen molar-refractivity contribution in [3.63, 3.8) is 0 Å². The monoisotopic (exact) mass is 396 g/mol. The van der Waals surface area contributed by atoms with Crippen LogP contribution in [-0.4, -0.2) is 47.8 Å². The average molecular weight is 396 g/mol. The summed E-state index contributed by atoms with van der Waals surface area (Å²) in [7, 11) is 0. The Kier molecular flexibility index (Phi) is 4.67. The first-order valence-electron chi connectivity index (χ1n) is 10.7. The molecule has 3 aliphatic heterocycles. The lowest BCUT2D eigenvalue weighted by Gasteiger charge is -2.29. The number of fused-ring (bicyclic) bond motifs is 3. The Hall–Kier alpha value is -2.25. The van der Waals surface area contributed by atoms with Gasteiger partial charge in [-0.2, -0.15) is 0 Å². The van der Waals surface area contributed by atoms with E-state index < -0.39 is 6.04 Å². The number of carbonyl (C=O) groups is 3. The van der Waals surface area contributed by atoms with Crippen LogP contribution in [0.2, 0.25) is 0 Å². The molecule has 3 amide bonds. The quantitative estimate of drug-likeness (QED) is 0.494. The Labute approximate surface area is 170 Å². The second kappa shape index (κ2) is 7.22. The largest absolute Gasteiger partial charge is 0.322 e. The lowest BCUT2D eigenvalue weighted by molar-refractivity contribution is -0.136. The molecule has 2 saturated heterocycles. The molecule has 0 radical (unpaired) electrons. The van der Waals surface area contributed by atoms with Gasteiger partial charge in [-0.1, -0.05) is 12.1 Å². The van der Waals surface area contributed by atoms with Gasteiger partial charge in [0.15, 0.2) is 0 Å². The molecule has 3 atom stereocenters. The predicted octanol–water partition coefficient (Wildman–Crippen LogP) is 1.07. The lowest BCUT2D eigenvalue weighted by Crippen LogP contribution is -2.52. The molecule has 4 aliphatic rings. The number of imide groups is 1. The molecule has 3 unspecified atom stereocenters. The number of piperidine rings is 2. The first kappa shape index (κ1) is 18.8. The van der Waals surface area contributed by atoms with Crippen molar-refractivity contribution in [2.45, 2.75) is 63.7 Å². The van der Waals surface area contributed by atoms with Crippen LogP contribution in [-0.2, 0) is 22.7 Å². The SMILES string of the molecule is O=C1CCC(N2Cc3c(CNCCC45CCC(C4)NC5)cccc3C2=O)C(=O)N1. The standard InChI is InChI=1S/C22H28N4O3/c27-19-5-4-18(20(28)25-19)26-12-17-14(2-1-3-16(17)21(26)29)11-23-9-8-22-7-6-15(10-22)24-13-22/h1-3,15,18,23-24H,4-13H2,(H,25,27,28). The number of hydrogen-bond donors (Lipinski definition) is 3. The topological polar surface area (TPSA) is 90.5 Å². The number of carbonyl (C=O) groups excluding carboxylic acids is 3. The van der Waals surface area contributed by atoms with Gasteiger partial charge in [0.2, 0.25) is 11.8 Å². The minimum atomic E-state index is -0.558. The van der Waals surface area contributed by atoms with Gasteiger partial charge in [-0.3, -0.25) is 19.7 Å². The Morgan fingerprint density at radius 1 is 1.21 bits per heavy atom. The van der Waals surface area contributed by atoms with Crippen LogP contribution in [0.5, 0.6) is 0 Å². The van der Waals surface area contributed by atoms with E-state index in [0.717, 1.165) is 36.8 Å². The van der Waals surface area contributed by atoms with Crippen molar-refractivity contribution >= 4 is 17.7 Å². The smallest absolute Gasteiger partial charge is 0.255 e. The first-order valence-corrected chi connectivity index (χ1v) is 10.7. The second-order valence-electron chi connectivity index (χ2n) is 9.09. The maximum Gasteiger partial charge on any atom is 0.255 e. The van der Waals surface area contributed by atoms with Crippen molar-refractivity contribution in [2.24, 2.45) is 5.41 Å². The van der Waals surface area contributed by atoms with Crippen molar-refractivity contribution in [1.82, 2.24) is 20.9 Å². The van der Waals surface area contributed by atoms with E-state index in [1.54, 1.807) is 4.90 Å². The molecule has 7 nitrogen and oxygen atoms in total. The van der Waals surface area contributed by atoms with Crippen LogP contribution in [0, 0.1) is 5.41 Å². The predicted molar refractivity (Wildman–Crippen MR) is 107 cm³/mol. The summed E-state index contributed by atoms with van der Waals surface area (Å²) in [6.45, 7) is 3.29. The van der Waals surface area contributed by atoms with Gasteiger partial charge in [0.1, 0.15) is 6.04 Å². The minimum Gasteiger partial charge on any atom is -0.322 e. The maximum absolute atomic E-state index is 12.9. The zero-order chi connectivity index (χ0) is 20.0. The van der Waals surface area contributed by atoms with Gasteiger partial charge >= 0.3 is 0 Å². The number of hydrogen-bond acceptors (Lipinski definition) is 5. The molecule has 1 aliphatic carbocycles. The first-order chi connectivity index (χ1) is 14.0. The van der Waals surface area contributed by atoms with Gasteiger partial charge in [0.25, 0.3) is 5.91 Å². The van der Waals surface area contributed by atoms with E-state index in [1.807, 2.05) is 12.1 Å². The van der Waals surface area contributed by atoms with E-state index in [4.69, 9.17) is 0 Å². The van der Waals surface area contributed by atoms with Crippen molar-refractivity contribution in [3.05, 3.63) is 34.9 Å². The summed E-state index contributed by atoms with van der Waals surface area (Å²) in [5.74, 6) is -0.726. The van der Waals surface area contributed by atoms with Gasteiger partial charge in [-0.15, -0.1) is 0 Å². The minimum absolute atomic E-state index is 0.107. The van der Waals surface area contributed by atoms with Gasteiger partial charge in [-0.05, 0) is 61.3 Å². The molecule has 2 bridgehead atoms. The highest BCUT2D eigenvalue weighted by Gasteiger charge is 2.44. The Bertz CT molecular complexity index is 860. The third-order valence-electron chi connectivity index (χ3n) is 7.29. The van der Waals surface area contributed by atoms with Crippen molar-refractivity contribution < 1.29 is 14.4 Å². The zero-order valence-corrected chi connectivity index (χ0v) is 16.6. The van der Waals surface area contributed by atoms with E-state index >= 15 is 0 Å². The third kappa shape index (κ3) is 3.36. The molecule has 0 spiro atoms. The molecular formula is C22H28N4O3. The van der Waals surface area contributed by atoms with E-state index in [9.17, 15) is 14.4 Å². The van der Waals surface area contributed by atoms with Gasteiger partial charge in [0.05, 0.1) is 0 Å². The molecule has 5 rings (SSSR count). The molecule has 29 heavy (non-hydrogen) atoms. The third-order valence-corrected chi connectivity index (χ3v) is 7.29. The molecule has 0 aromatic heterocycles. The van der Waals surface area contributed by atoms with Crippen LogP contribution in [0.15, 0.2) is 18.2 Å². The fourth-order valence-corrected chi connectivity index (χ4v) is 5.61. The van der Waals surface area contributed by atoms with Gasteiger partial charge in [-0.25, -0.2) is 0 Å². The molecule has 3 heterocycles. The Morgan fingerprint density at radius 2 is 2.10 bits per heavy atom. The van der Waals surface area contributed by atoms with Gasteiger partial charge in [0, 0.05) is 37.7 Å². The number of rotatable bonds is 6. The van der Waals surface area contributed by atoms with E-state index in [0.29, 0.717) is 23.9 Å². The maximum atomic E-state index is 12.9. The van der Waals surface area contributed by atoms with Gasteiger partial charge < -0.3 is 15.5 Å². The highest BCUT2D eigenvalue weighted by molar-refractivity contribution is 6.05. The molecule has 154 valence electrons. The summed E-state index contributed by atoms with van der Waals surface area (Å²) in [5.41, 5.74) is 3.30. The molecule has 3 N–H and O–H groups in total. The van der Waals surface area contributed by atoms with E-state index in [1.165, 1.54) is 25.7 Å². The molecule has 7 heteroatoms. The summed E-state index contributed by atoms with van der Waals surface area (Å²) in [5, 5.41) is 9.55. The fourth-order valence-electron chi connectivity index (χ4n) is 5.61. The number of nitrogens with one attached hydrogen (secondary N) is 3. The van der Waals surface area contributed by atoms with E-state index in [2.05, 4.69) is 22.0 Å². The lowest BCUT2D eigenvalue weighted by atomic mass is 9.84. The van der Waals surface area contributed by atoms with Crippen LogP contribution in [0.25, 0.3) is 0 Å². The van der Waals surface area contributed by atoms with E-state index in [-0.39, 0.29) is 24.1 Å². The number of amides is 3. The van der Waals surface area contributed by atoms with Crippen molar-refractivity contribution in [3.8, 4) is 0 Å². The normalized spacial score (nSPS) is 30.8. The summed E-state index contributed by atoms with van der Waals surface area (Å²) in [6, 6.07) is 6.00. The fraction of sp³-hybridized carbons (Fsp3) is 0.591.